The van der Waals surface area contributed by atoms with Crippen molar-refractivity contribution in [3.63, 3.8) is 0 Å². The molecule has 4 heteroatoms. The van der Waals surface area contributed by atoms with E-state index in [0.717, 1.165) is 44.5 Å². The number of benzene rings is 7. The van der Waals surface area contributed by atoms with Gasteiger partial charge in [0.2, 0.25) is 0 Å². The van der Waals surface area contributed by atoms with E-state index >= 15 is 0 Å². The van der Waals surface area contributed by atoms with Gasteiger partial charge in [0.15, 0.2) is 0 Å². The van der Waals surface area contributed by atoms with Crippen molar-refractivity contribution in [2.24, 2.45) is 0 Å². The Morgan fingerprint density at radius 3 is 1.95 bits per heavy atom. The molecule has 7 aromatic carbocycles. The minimum Gasteiger partial charge on any atom is -0.507 e. The Morgan fingerprint density at radius 2 is 1.23 bits per heavy atom. The number of aromatic hydroxyl groups is 1. The summed E-state index contributed by atoms with van der Waals surface area (Å²) in [7, 11) is 0. The van der Waals surface area contributed by atoms with Gasteiger partial charge in [-0.25, -0.2) is 4.98 Å². The molecule has 0 aliphatic carbocycles. The number of pyridine rings is 1. The second-order valence-electron chi connectivity index (χ2n) is 17.5. The van der Waals surface area contributed by atoms with Crippen molar-refractivity contribution in [1.29, 1.82) is 0 Å². The lowest BCUT2D eigenvalue weighted by molar-refractivity contribution is 0.477. The van der Waals surface area contributed by atoms with Crippen molar-refractivity contribution < 1.29 is 16.1 Å². The topological polar surface area (TPSA) is 50.9 Å². The maximum Gasteiger partial charge on any atom is 0.149 e. The standard InChI is InChI=1S/C57H51N3O/c1-37-31-52(49(36-48(37)39-19-12-9-13-20-39)40-25-27-44(28-26-40)56(2,3)4)60-51-23-16-22-46(54(51)59-55(60)47-21-14-15-24-53(47)61)42-32-43(34-45(33-42)57(5,6)7)50-35-41(29-30-58-50)38-17-10-8-11-18-38/h8-36,61H,1-7H3/i1D3,8D,10D,11D,17D,18D. The van der Waals surface area contributed by atoms with Crippen LogP contribution in [0.2, 0.25) is 0 Å². The first-order valence-electron chi connectivity index (χ1n) is 24.5. The first-order chi connectivity index (χ1) is 32.6. The zero-order valence-electron chi connectivity index (χ0n) is 43.1. The molecule has 9 aromatic rings. The molecule has 2 aromatic heterocycles. The smallest absolute Gasteiger partial charge is 0.149 e. The lowest BCUT2D eigenvalue weighted by atomic mass is 9.83. The number of nitrogens with zero attached hydrogens (tertiary/aromatic N) is 3. The van der Waals surface area contributed by atoms with Crippen molar-refractivity contribution in [2.75, 3.05) is 0 Å². The molecule has 0 aliphatic heterocycles. The Bertz CT molecular complexity index is 3430. The van der Waals surface area contributed by atoms with Gasteiger partial charge >= 0.3 is 0 Å². The molecule has 0 spiro atoms. The first-order valence-corrected chi connectivity index (χ1v) is 20.5. The van der Waals surface area contributed by atoms with E-state index in [1.807, 2.05) is 71.3 Å². The van der Waals surface area contributed by atoms with Crippen LogP contribution in [0, 0.1) is 6.85 Å². The van der Waals surface area contributed by atoms with Gasteiger partial charge in [-0.2, -0.15) is 0 Å². The lowest BCUT2D eigenvalue weighted by Crippen LogP contribution is -2.11. The fourth-order valence-electron chi connectivity index (χ4n) is 7.93. The third-order valence-corrected chi connectivity index (χ3v) is 11.3. The van der Waals surface area contributed by atoms with Crippen LogP contribution in [0.1, 0.15) is 69.2 Å². The second-order valence-corrected chi connectivity index (χ2v) is 17.5. The highest BCUT2D eigenvalue weighted by Gasteiger charge is 2.25. The van der Waals surface area contributed by atoms with Crippen molar-refractivity contribution in [2.45, 2.75) is 59.2 Å². The molecule has 0 amide bonds. The molecule has 0 fully saturated rings. The number of fused-ring (bicyclic) bond motifs is 1. The number of aromatic nitrogens is 3. The van der Waals surface area contributed by atoms with Gasteiger partial charge in [-0.15, -0.1) is 0 Å². The third kappa shape index (κ3) is 7.66. The number of phenols is 1. The summed E-state index contributed by atoms with van der Waals surface area (Å²) in [5.74, 6) is 0.415. The number of hydrogen-bond acceptors (Lipinski definition) is 3. The van der Waals surface area contributed by atoms with Crippen LogP contribution in [-0.4, -0.2) is 19.6 Å². The summed E-state index contributed by atoms with van der Waals surface area (Å²) in [4.78, 5) is 10.1. The molecule has 0 aliphatic rings. The van der Waals surface area contributed by atoms with E-state index in [0.29, 0.717) is 44.9 Å². The predicted octanol–water partition coefficient (Wildman–Crippen LogP) is 15.0. The van der Waals surface area contributed by atoms with Crippen LogP contribution in [0.5, 0.6) is 5.75 Å². The molecule has 0 saturated heterocycles. The van der Waals surface area contributed by atoms with Gasteiger partial charge in [0, 0.05) is 27.0 Å². The molecule has 4 nitrogen and oxygen atoms in total. The minimum atomic E-state index is -2.51. The van der Waals surface area contributed by atoms with Crippen molar-refractivity contribution in [1.82, 2.24) is 14.5 Å². The average molecular weight is 802 g/mol. The predicted molar refractivity (Wildman–Crippen MR) is 255 cm³/mol. The van der Waals surface area contributed by atoms with Crippen LogP contribution >= 0.6 is 0 Å². The van der Waals surface area contributed by atoms with Crippen LogP contribution in [0.4, 0.5) is 0 Å². The Kier molecular flexibility index (Phi) is 7.87. The van der Waals surface area contributed by atoms with E-state index in [4.69, 9.17) is 20.9 Å². The quantitative estimate of drug-likeness (QED) is 0.175. The Labute approximate surface area is 371 Å². The number of phenolic OH excluding ortho intramolecular Hbond substituents is 1. The van der Waals surface area contributed by atoms with Crippen molar-refractivity contribution in [3.05, 3.63) is 193 Å². The SMILES string of the molecule is [2H]c1c([2H])c([2H])c(-c2ccnc(-c3cc(-c4cccc5c4nc(-c4ccccc4O)n5-c4cc(C([2H])([2H])[2H])c(-c5ccccc5)cc4-c4ccc(C(C)(C)C)cc4)cc(C(C)(C)C)c3)c2)c([2H])c1[2H]. The van der Waals surface area contributed by atoms with Crippen LogP contribution < -0.4 is 0 Å². The summed E-state index contributed by atoms with van der Waals surface area (Å²) in [6, 6.07) is 42.3. The van der Waals surface area contributed by atoms with E-state index in [9.17, 15) is 5.11 Å². The van der Waals surface area contributed by atoms with Gasteiger partial charge in [0.1, 0.15) is 11.6 Å². The second kappa shape index (κ2) is 15.5. The summed E-state index contributed by atoms with van der Waals surface area (Å²) in [6.45, 7) is 10.3. The van der Waals surface area contributed by atoms with Crippen LogP contribution in [-0.2, 0) is 10.8 Å². The van der Waals surface area contributed by atoms with Crippen LogP contribution in [0.3, 0.4) is 0 Å². The highest BCUT2D eigenvalue weighted by Crippen LogP contribution is 2.43. The molecule has 61 heavy (non-hydrogen) atoms. The van der Waals surface area contributed by atoms with Crippen LogP contribution in [0.15, 0.2) is 176 Å². The van der Waals surface area contributed by atoms with Gasteiger partial charge in [0.05, 0.1) is 34.8 Å². The highest BCUT2D eigenvalue weighted by atomic mass is 16.3. The summed E-state index contributed by atoms with van der Waals surface area (Å²) in [5, 5.41) is 11.6. The highest BCUT2D eigenvalue weighted by molar-refractivity contribution is 5.98. The van der Waals surface area contributed by atoms with Gasteiger partial charge < -0.3 is 5.11 Å². The molecule has 0 radical (unpaired) electrons. The molecule has 0 bridgehead atoms. The maximum absolute atomic E-state index is 11.6. The van der Waals surface area contributed by atoms with Gasteiger partial charge in [0.25, 0.3) is 0 Å². The summed E-state index contributed by atoms with van der Waals surface area (Å²) < 4.78 is 70.9. The number of hydrogen-bond donors (Lipinski definition) is 1. The van der Waals surface area contributed by atoms with E-state index in [1.165, 1.54) is 0 Å². The third-order valence-electron chi connectivity index (χ3n) is 11.3. The monoisotopic (exact) mass is 801 g/mol. The zero-order valence-corrected chi connectivity index (χ0v) is 35.1. The Balaban J connectivity index is 1.34. The number of imidazole rings is 1. The molecular formula is C57H51N3O. The minimum absolute atomic E-state index is 0.00530. The normalized spacial score (nSPS) is 14.0. The zero-order chi connectivity index (χ0) is 49.3. The summed E-state index contributed by atoms with van der Waals surface area (Å²) in [5.41, 5.74) is 10.5. The van der Waals surface area contributed by atoms with Crippen molar-refractivity contribution >= 4 is 11.0 Å². The molecular weight excluding hydrogens is 743 g/mol. The molecule has 1 N–H and O–H groups in total. The average Bonchev–Trinajstić information content (AvgIpc) is 3.71. The summed E-state index contributed by atoms with van der Waals surface area (Å²) in [6.07, 6.45) is 1.58. The number of rotatable bonds is 7. The molecule has 2 heterocycles. The Hall–Kier alpha value is -7.04. The Morgan fingerprint density at radius 1 is 0.541 bits per heavy atom. The summed E-state index contributed by atoms with van der Waals surface area (Å²) >= 11 is 0. The molecule has 9 rings (SSSR count). The van der Waals surface area contributed by atoms with Crippen molar-refractivity contribution in [3.8, 4) is 78.6 Å². The first kappa shape index (κ1) is 30.9. The van der Waals surface area contributed by atoms with E-state index in [1.54, 1.807) is 42.6 Å². The number of para-hydroxylation sites is 2. The fourth-order valence-corrected chi connectivity index (χ4v) is 7.93. The molecule has 300 valence electrons. The number of aryl methyl sites for hydroxylation is 1. The maximum atomic E-state index is 11.6. The largest absolute Gasteiger partial charge is 0.507 e. The van der Waals surface area contributed by atoms with Gasteiger partial charge in [-0.05, 0) is 122 Å². The van der Waals surface area contributed by atoms with E-state index in [-0.39, 0.29) is 39.8 Å². The van der Waals surface area contributed by atoms with Gasteiger partial charge in [-0.1, -0.05) is 157 Å². The van der Waals surface area contributed by atoms with Crippen LogP contribution in [0.25, 0.3) is 83.9 Å². The molecule has 0 saturated carbocycles. The van der Waals surface area contributed by atoms with Gasteiger partial charge in [-0.3, -0.25) is 9.55 Å². The lowest BCUT2D eigenvalue weighted by Gasteiger charge is -2.22. The van der Waals surface area contributed by atoms with E-state index < -0.39 is 25.0 Å². The van der Waals surface area contributed by atoms with E-state index in [2.05, 4.69) is 77.9 Å². The molecule has 0 atom stereocenters. The fraction of sp³-hybridized carbons (Fsp3) is 0.158. The molecule has 0 unspecified atom stereocenters.